The lowest BCUT2D eigenvalue weighted by Gasteiger charge is -2.21. The van der Waals surface area contributed by atoms with Crippen molar-refractivity contribution in [3.05, 3.63) is 28.9 Å². The Hall–Kier alpha value is -2.21. The first-order valence-corrected chi connectivity index (χ1v) is 7.36. The average molecular weight is 322 g/mol. The number of aromatic carboxylic acids is 1. The van der Waals surface area contributed by atoms with Crippen LogP contribution in [0.3, 0.4) is 0 Å². The molecule has 114 valence electrons. The molecule has 0 amide bonds. The fraction of sp³-hybridized carbons (Fsp3) is 0.333. The molecule has 0 unspecified atom stereocenters. The van der Waals surface area contributed by atoms with Crippen LogP contribution >= 0.6 is 11.6 Å². The van der Waals surface area contributed by atoms with Crippen LogP contribution in [0.25, 0.3) is 11.3 Å². The van der Waals surface area contributed by atoms with E-state index in [-0.39, 0.29) is 11.5 Å². The monoisotopic (exact) mass is 321 g/mol. The van der Waals surface area contributed by atoms with Gasteiger partial charge >= 0.3 is 5.97 Å². The number of hydrogen-bond acceptors (Lipinski definition) is 5. The minimum atomic E-state index is -1.16. The Bertz CT molecular complexity index is 763. The molecule has 7 heteroatoms. The van der Waals surface area contributed by atoms with Crippen LogP contribution in [0.15, 0.2) is 22.7 Å². The SMILES string of the molecule is O=C(O)c1cc(-c2cc3c(cc2Cl)OC2(CCCC2)O3)on1. The van der Waals surface area contributed by atoms with E-state index in [1.807, 2.05) is 0 Å². The van der Waals surface area contributed by atoms with Gasteiger partial charge < -0.3 is 19.1 Å². The van der Waals surface area contributed by atoms with Crippen molar-refractivity contribution in [1.82, 2.24) is 5.16 Å². The average Bonchev–Trinajstić information content (AvgIpc) is 3.18. The molecule has 4 rings (SSSR count). The zero-order chi connectivity index (χ0) is 15.3. The summed E-state index contributed by atoms with van der Waals surface area (Å²) in [6, 6.07) is 4.70. The van der Waals surface area contributed by atoms with Crippen molar-refractivity contribution in [2.75, 3.05) is 0 Å². The Balaban J connectivity index is 1.72. The summed E-state index contributed by atoms with van der Waals surface area (Å²) in [6.45, 7) is 0. The first kappa shape index (κ1) is 13.5. The van der Waals surface area contributed by atoms with Crippen LogP contribution in [0.4, 0.5) is 0 Å². The summed E-state index contributed by atoms with van der Waals surface area (Å²) >= 11 is 6.26. The molecule has 1 N–H and O–H groups in total. The molecule has 1 saturated carbocycles. The Kier molecular flexibility index (Phi) is 2.84. The summed E-state index contributed by atoms with van der Waals surface area (Å²) in [5.74, 6) is -0.251. The second kappa shape index (κ2) is 4.64. The van der Waals surface area contributed by atoms with E-state index >= 15 is 0 Å². The molecule has 0 saturated heterocycles. The van der Waals surface area contributed by atoms with Crippen LogP contribution in [0, 0.1) is 0 Å². The zero-order valence-corrected chi connectivity index (χ0v) is 12.2. The van der Waals surface area contributed by atoms with Crippen LogP contribution in [0.1, 0.15) is 36.2 Å². The third kappa shape index (κ3) is 2.02. The van der Waals surface area contributed by atoms with E-state index in [0.29, 0.717) is 22.1 Å². The molecule has 2 heterocycles. The fourth-order valence-electron chi connectivity index (χ4n) is 2.93. The Morgan fingerprint density at radius 2 is 1.86 bits per heavy atom. The van der Waals surface area contributed by atoms with E-state index in [0.717, 1.165) is 25.7 Å². The molecule has 1 spiro atoms. The van der Waals surface area contributed by atoms with Crippen molar-refractivity contribution in [1.29, 1.82) is 0 Å². The highest BCUT2D eigenvalue weighted by Gasteiger charge is 2.44. The van der Waals surface area contributed by atoms with Crippen molar-refractivity contribution in [3.63, 3.8) is 0 Å². The number of benzene rings is 1. The van der Waals surface area contributed by atoms with E-state index in [9.17, 15) is 4.79 Å². The maximum absolute atomic E-state index is 10.9. The number of ether oxygens (including phenoxy) is 2. The molecule has 1 aliphatic carbocycles. The molecule has 22 heavy (non-hydrogen) atoms. The van der Waals surface area contributed by atoms with Crippen molar-refractivity contribution >= 4 is 17.6 Å². The summed E-state index contributed by atoms with van der Waals surface area (Å²) in [7, 11) is 0. The van der Waals surface area contributed by atoms with Gasteiger partial charge in [-0.25, -0.2) is 4.79 Å². The lowest BCUT2D eigenvalue weighted by molar-refractivity contribution is -0.0716. The van der Waals surface area contributed by atoms with Gasteiger partial charge in [-0.05, 0) is 18.9 Å². The van der Waals surface area contributed by atoms with Gasteiger partial charge in [0.2, 0.25) is 0 Å². The van der Waals surface area contributed by atoms with Crippen molar-refractivity contribution in [2.45, 2.75) is 31.5 Å². The van der Waals surface area contributed by atoms with Crippen LogP contribution in [0.2, 0.25) is 5.02 Å². The van der Waals surface area contributed by atoms with Crippen LogP contribution in [-0.4, -0.2) is 22.0 Å². The van der Waals surface area contributed by atoms with Gasteiger partial charge in [-0.3, -0.25) is 0 Å². The highest BCUT2D eigenvalue weighted by Crippen LogP contribution is 2.49. The van der Waals surface area contributed by atoms with Crippen LogP contribution in [-0.2, 0) is 0 Å². The van der Waals surface area contributed by atoms with Crippen molar-refractivity contribution in [2.24, 2.45) is 0 Å². The van der Waals surface area contributed by atoms with Gasteiger partial charge in [-0.2, -0.15) is 0 Å². The Morgan fingerprint density at radius 3 is 2.50 bits per heavy atom. The standard InChI is InChI=1S/C15H12ClNO5/c16-9-6-13-12(20-15(21-13)3-1-2-4-15)5-8(9)11-7-10(14(18)19)17-22-11/h5-7H,1-4H2,(H,18,19). The van der Waals surface area contributed by atoms with Crippen LogP contribution in [0.5, 0.6) is 11.5 Å². The number of carboxylic acids is 1. The zero-order valence-electron chi connectivity index (χ0n) is 11.5. The summed E-state index contributed by atoms with van der Waals surface area (Å²) in [5.41, 5.74) is 0.357. The minimum Gasteiger partial charge on any atom is -0.476 e. The molecular weight excluding hydrogens is 310 g/mol. The predicted octanol–water partition coefficient (Wildman–Crippen LogP) is 3.73. The van der Waals surface area contributed by atoms with E-state index in [4.69, 9.17) is 30.7 Å². The largest absolute Gasteiger partial charge is 0.476 e. The lowest BCUT2D eigenvalue weighted by atomic mass is 10.1. The molecule has 1 aliphatic heterocycles. The number of hydrogen-bond donors (Lipinski definition) is 1. The van der Waals surface area contributed by atoms with Crippen LogP contribution < -0.4 is 9.47 Å². The number of fused-ring (bicyclic) bond motifs is 1. The summed E-state index contributed by atoms with van der Waals surface area (Å²) < 4.78 is 16.9. The van der Waals surface area contributed by atoms with Gasteiger partial charge in [-0.15, -0.1) is 0 Å². The topological polar surface area (TPSA) is 81.8 Å². The molecule has 1 aromatic carbocycles. The van der Waals surface area contributed by atoms with Gasteiger partial charge in [0.25, 0.3) is 5.79 Å². The molecule has 2 aromatic rings. The van der Waals surface area contributed by atoms with Gasteiger partial charge in [-0.1, -0.05) is 16.8 Å². The maximum atomic E-state index is 10.9. The second-order valence-electron chi connectivity index (χ2n) is 5.48. The van der Waals surface area contributed by atoms with Gasteiger partial charge in [0.05, 0.1) is 5.02 Å². The first-order chi connectivity index (χ1) is 10.6. The van der Waals surface area contributed by atoms with E-state index in [2.05, 4.69) is 5.16 Å². The van der Waals surface area contributed by atoms with Crippen molar-refractivity contribution < 1.29 is 23.9 Å². The number of carbonyl (C=O) groups is 1. The molecule has 1 aromatic heterocycles. The number of aromatic nitrogens is 1. The Morgan fingerprint density at radius 1 is 1.18 bits per heavy atom. The maximum Gasteiger partial charge on any atom is 0.358 e. The lowest BCUT2D eigenvalue weighted by Crippen LogP contribution is -2.34. The third-order valence-corrected chi connectivity index (χ3v) is 4.30. The summed E-state index contributed by atoms with van der Waals surface area (Å²) in [4.78, 5) is 10.9. The smallest absolute Gasteiger partial charge is 0.358 e. The number of halogens is 1. The predicted molar refractivity (Wildman–Crippen MR) is 76.4 cm³/mol. The molecule has 1 fully saturated rings. The Labute approximate surface area is 130 Å². The third-order valence-electron chi connectivity index (χ3n) is 3.99. The summed E-state index contributed by atoms with van der Waals surface area (Å²) in [6.07, 6.45) is 3.83. The van der Waals surface area contributed by atoms with Gasteiger partial charge in [0.1, 0.15) is 0 Å². The molecule has 0 radical (unpaired) electrons. The normalized spacial score (nSPS) is 18.0. The molecule has 0 bridgehead atoms. The fourth-order valence-corrected chi connectivity index (χ4v) is 3.17. The number of rotatable bonds is 2. The van der Waals surface area contributed by atoms with E-state index in [1.54, 1.807) is 12.1 Å². The number of carboxylic acid groups (broad SMARTS) is 1. The molecule has 0 atom stereocenters. The molecular formula is C15H12ClNO5. The summed E-state index contributed by atoms with van der Waals surface area (Å²) in [5, 5.41) is 12.8. The molecule has 6 nitrogen and oxygen atoms in total. The van der Waals surface area contributed by atoms with Crippen molar-refractivity contribution in [3.8, 4) is 22.8 Å². The molecule has 2 aliphatic rings. The van der Waals surface area contributed by atoms with Gasteiger partial charge in [0, 0.05) is 30.5 Å². The van der Waals surface area contributed by atoms with E-state index in [1.165, 1.54) is 6.07 Å². The quantitative estimate of drug-likeness (QED) is 0.907. The van der Waals surface area contributed by atoms with E-state index < -0.39 is 11.8 Å². The highest BCUT2D eigenvalue weighted by molar-refractivity contribution is 6.33. The number of nitrogens with zero attached hydrogens (tertiary/aromatic N) is 1. The minimum absolute atomic E-state index is 0.170. The second-order valence-corrected chi connectivity index (χ2v) is 5.89. The van der Waals surface area contributed by atoms with Gasteiger partial charge in [0.15, 0.2) is 23.0 Å². The first-order valence-electron chi connectivity index (χ1n) is 6.98. The highest BCUT2D eigenvalue weighted by atomic mass is 35.5.